The lowest BCUT2D eigenvalue weighted by Gasteiger charge is -2.26. The van der Waals surface area contributed by atoms with Crippen LogP contribution in [-0.2, 0) is 16.0 Å². The second kappa shape index (κ2) is 6.45. The van der Waals surface area contributed by atoms with Crippen LogP contribution in [0, 0.1) is 0 Å². The first kappa shape index (κ1) is 13.7. The van der Waals surface area contributed by atoms with Crippen LogP contribution in [0.15, 0.2) is 28.9 Å². The fourth-order valence-corrected chi connectivity index (χ4v) is 2.14. The minimum atomic E-state index is 0.0934. The maximum Gasteiger partial charge on any atom is 0.227 e. The van der Waals surface area contributed by atoms with Crippen LogP contribution in [0.3, 0.4) is 0 Å². The highest BCUT2D eigenvalue weighted by atomic mass is 16.5. The van der Waals surface area contributed by atoms with Crippen molar-refractivity contribution in [2.75, 3.05) is 26.3 Å². The molecule has 0 spiro atoms. The minimum absolute atomic E-state index is 0.0934. The molecule has 0 atom stereocenters. The van der Waals surface area contributed by atoms with Crippen molar-refractivity contribution in [2.24, 2.45) is 0 Å². The van der Waals surface area contributed by atoms with Crippen molar-refractivity contribution in [1.29, 1.82) is 0 Å². The Balaban J connectivity index is 1.56. The van der Waals surface area contributed by atoms with Crippen LogP contribution in [0.25, 0.3) is 11.5 Å². The van der Waals surface area contributed by atoms with Crippen LogP contribution < -0.4 is 0 Å². The fourth-order valence-electron chi connectivity index (χ4n) is 2.14. The van der Waals surface area contributed by atoms with Gasteiger partial charge in [0.25, 0.3) is 0 Å². The average Bonchev–Trinajstić information content (AvgIpc) is 3.03. The number of nitrogens with zero attached hydrogens (tertiary/aromatic N) is 4. The van der Waals surface area contributed by atoms with E-state index < -0.39 is 0 Å². The molecule has 0 aromatic carbocycles. The van der Waals surface area contributed by atoms with Gasteiger partial charge in [-0.25, -0.2) is 0 Å². The highest BCUT2D eigenvalue weighted by Crippen LogP contribution is 2.13. The highest BCUT2D eigenvalue weighted by molar-refractivity contribution is 5.76. The summed E-state index contributed by atoms with van der Waals surface area (Å²) in [4.78, 5) is 22.2. The summed E-state index contributed by atoms with van der Waals surface area (Å²) in [6.07, 6.45) is 2.48. The molecule has 2 aromatic rings. The van der Waals surface area contributed by atoms with E-state index in [-0.39, 0.29) is 5.91 Å². The number of aryl methyl sites for hydroxylation is 1. The number of amides is 1. The van der Waals surface area contributed by atoms with Crippen molar-refractivity contribution in [3.63, 3.8) is 0 Å². The summed E-state index contributed by atoms with van der Waals surface area (Å²) in [5.41, 5.74) is 0.659. The summed E-state index contributed by atoms with van der Waals surface area (Å²) < 4.78 is 10.4. The van der Waals surface area contributed by atoms with Crippen molar-refractivity contribution < 1.29 is 14.1 Å². The summed E-state index contributed by atoms with van der Waals surface area (Å²) >= 11 is 0. The number of hydrogen-bond donors (Lipinski definition) is 0. The van der Waals surface area contributed by atoms with Gasteiger partial charge in [0.1, 0.15) is 5.69 Å². The van der Waals surface area contributed by atoms with E-state index in [1.165, 1.54) is 0 Å². The molecule has 1 aliphatic rings. The molecule has 3 heterocycles. The standard InChI is InChI=1S/C14H16N4O3/c19-13(18-7-9-20-10-8-18)5-4-12-16-14(17-21-12)11-3-1-2-6-15-11/h1-3,6H,4-5,7-10H2. The number of carbonyl (C=O) groups excluding carboxylic acids is 1. The van der Waals surface area contributed by atoms with Gasteiger partial charge < -0.3 is 14.2 Å². The first-order valence-electron chi connectivity index (χ1n) is 6.92. The third kappa shape index (κ3) is 3.43. The largest absolute Gasteiger partial charge is 0.378 e. The molecule has 21 heavy (non-hydrogen) atoms. The lowest BCUT2D eigenvalue weighted by Crippen LogP contribution is -2.40. The van der Waals surface area contributed by atoms with E-state index in [9.17, 15) is 4.79 Å². The SMILES string of the molecule is O=C(CCc1nc(-c2ccccn2)no1)N1CCOCC1. The van der Waals surface area contributed by atoms with E-state index in [4.69, 9.17) is 9.26 Å². The van der Waals surface area contributed by atoms with Gasteiger partial charge in [0, 0.05) is 32.1 Å². The Kier molecular flexibility index (Phi) is 4.20. The molecule has 7 heteroatoms. The molecule has 0 unspecified atom stereocenters. The number of morpholine rings is 1. The van der Waals surface area contributed by atoms with E-state index in [1.54, 1.807) is 11.1 Å². The normalized spacial score (nSPS) is 15.1. The van der Waals surface area contributed by atoms with Gasteiger partial charge in [-0.05, 0) is 12.1 Å². The maximum absolute atomic E-state index is 12.0. The van der Waals surface area contributed by atoms with E-state index in [0.29, 0.717) is 56.6 Å². The zero-order valence-corrected chi connectivity index (χ0v) is 11.6. The number of carbonyl (C=O) groups is 1. The van der Waals surface area contributed by atoms with Gasteiger partial charge in [-0.15, -0.1) is 0 Å². The lowest BCUT2D eigenvalue weighted by molar-refractivity contribution is -0.135. The zero-order chi connectivity index (χ0) is 14.5. The smallest absolute Gasteiger partial charge is 0.227 e. The number of aromatic nitrogens is 3. The molecule has 0 N–H and O–H groups in total. The van der Waals surface area contributed by atoms with Crippen LogP contribution in [0.1, 0.15) is 12.3 Å². The first-order chi connectivity index (χ1) is 10.3. The van der Waals surface area contributed by atoms with Gasteiger partial charge >= 0.3 is 0 Å². The Labute approximate surface area is 121 Å². The Morgan fingerprint density at radius 2 is 2.14 bits per heavy atom. The molecule has 1 amide bonds. The summed E-state index contributed by atoms with van der Waals surface area (Å²) in [6, 6.07) is 5.50. The molecule has 110 valence electrons. The van der Waals surface area contributed by atoms with E-state index in [1.807, 2.05) is 18.2 Å². The molecule has 1 aliphatic heterocycles. The average molecular weight is 288 g/mol. The molecule has 1 saturated heterocycles. The molecule has 0 saturated carbocycles. The Morgan fingerprint density at radius 1 is 1.29 bits per heavy atom. The quantitative estimate of drug-likeness (QED) is 0.832. The van der Waals surface area contributed by atoms with Crippen LogP contribution >= 0.6 is 0 Å². The molecule has 7 nitrogen and oxygen atoms in total. The Morgan fingerprint density at radius 3 is 2.90 bits per heavy atom. The molecular weight excluding hydrogens is 272 g/mol. The summed E-state index contributed by atoms with van der Waals surface area (Å²) in [6.45, 7) is 2.52. The minimum Gasteiger partial charge on any atom is -0.378 e. The van der Waals surface area contributed by atoms with Crippen molar-refractivity contribution in [3.8, 4) is 11.5 Å². The summed E-state index contributed by atoms with van der Waals surface area (Å²) in [5.74, 6) is 0.998. The Hall–Kier alpha value is -2.28. The van der Waals surface area contributed by atoms with E-state index in [0.717, 1.165) is 0 Å². The van der Waals surface area contributed by atoms with Crippen molar-refractivity contribution in [1.82, 2.24) is 20.0 Å². The van der Waals surface area contributed by atoms with Crippen LogP contribution in [0.4, 0.5) is 0 Å². The maximum atomic E-state index is 12.0. The zero-order valence-electron chi connectivity index (χ0n) is 11.6. The van der Waals surface area contributed by atoms with Gasteiger partial charge in [0.2, 0.25) is 17.6 Å². The van der Waals surface area contributed by atoms with Crippen molar-refractivity contribution in [3.05, 3.63) is 30.3 Å². The fraction of sp³-hybridized carbons (Fsp3) is 0.429. The second-order valence-electron chi connectivity index (χ2n) is 4.72. The first-order valence-corrected chi connectivity index (χ1v) is 6.92. The topological polar surface area (TPSA) is 81.3 Å². The highest BCUT2D eigenvalue weighted by Gasteiger charge is 2.18. The molecule has 0 aliphatic carbocycles. The molecular formula is C14H16N4O3. The van der Waals surface area contributed by atoms with Crippen LogP contribution in [0.5, 0.6) is 0 Å². The van der Waals surface area contributed by atoms with Crippen LogP contribution in [-0.4, -0.2) is 52.2 Å². The summed E-state index contributed by atoms with van der Waals surface area (Å²) in [7, 11) is 0. The van der Waals surface area contributed by atoms with Gasteiger partial charge in [-0.1, -0.05) is 11.2 Å². The van der Waals surface area contributed by atoms with Crippen molar-refractivity contribution >= 4 is 5.91 Å². The number of rotatable bonds is 4. The number of pyridine rings is 1. The van der Waals surface area contributed by atoms with E-state index in [2.05, 4.69) is 15.1 Å². The lowest BCUT2D eigenvalue weighted by atomic mass is 10.2. The van der Waals surface area contributed by atoms with Crippen LogP contribution in [0.2, 0.25) is 0 Å². The molecule has 2 aromatic heterocycles. The van der Waals surface area contributed by atoms with Gasteiger partial charge in [0.05, 0.1) is 13.2 Å². The molecule has 1 fully saturated rings. The monoisotopic (exact) mass is 288 g/mol. The summed E-state index contributed by atoms with van der Waals surface area (Å²) in [5, 5.41) is 3.88. The predicted molar refractivity (Wildman–Crippen MR) is 73.2 cm³/mol. The second-order valence-corrected chi connectivity index (χ2v) is 4.72. The third-order valence-corrected chi connectivity index (χ3v) is 3.28. The van der Waals surface area contributed by atoms with Gasteiger partial charge in [-0.2, -0.15) is 4.98 Å². The Bertz CT molecular complexity index is 593. The third-order valence-electron chi connectivity index (χ3n) is 3.28. The van der Waals surface area contributed by atoms with Crippen molar-refractivity contribution in [2.45, 2.75) is 12.8 Å². The van der Waals surface area contributed by atoms with Gasteiger partial charge in [-0.3, -0.25) is 9.78 Å². The number of ether oxygens (including phenoxy) is 1. The van der Waals surface area contributed by atoms with E-state index >= 15 is 0 Å². The molecule has 3 rings (SSSR count). The predicted octanol–water partition coefficient (Wildman–Crippen LogP) is 0.923. The van der Waals surface area contributed by atoms with Gasteiger partial charge in [0.15, 0.2) is 0 Å². The molecule has 0 bridgehead atoms. The number of hydrogen-bond acceptors (Lipinski definition) is 6. The molecule has 0 radical (unpaired) electrons.